The fourth-order valence-corrected chi connectivity index (χ4v) is 19.0. The third kappa shape index (κ3) is 21.7. The van der Waals surface area contributed by atoms with Crippen molar-refractivity contribution in [1.82, 2.24) is 18.8 Å². The summed E-state index contributed by atoms with van der Waals surface area (Å²) in [6, 6.07) is 20.6. The summed E-state index contributed by atoms with van der Waals surface area (Å²) in [4.78, 5) is 55.7. The predicted molar refractivity (Wildman–Crippen MR) is 483 cm³/mol. The lowest BCUT2D eigenvalue weighted by atomic mass is 9.81. The molecule has 0 aliphatic heterocycles. The SMILES string of the molecule is CCCCCCCCCCCCC(C#Cc1cc(N)c2nc3c4cc(CCCCCCCC)c5c6ccc7c(=O)n8c9cc(C#CC(CCCCCCCCCC)CCCCCCCCCCCC)cc([N+](=O)[O-])c9nc8c8cc(CCCCCCCC)c(c9ccc(c(=O)n3c2c1)c4c95)c6c78)CCCCCCCCCC. The number of aromatic nitrogens is 4. The molecule has 10 nitrogen and oxygen atoms in total. The second kappa shape index (κ2) is 44.9. The number of anilines is 1. The van der Waals surface area contributed by atoms with E-state index >= 15 is 9.59 Å². The van der Waals surface area contributed by atoms with Crippen molar-refractivity contribution in [1.29, 1.82) is 0 Å². The molecule has 0 aliphatic rings. The zero-order chi connectivity index (χ0) is 78.4. The Morgan fingerprint density at radius 2 is 0.643 bits per heavy atom. The van der Waals surface area contributed by atoms with E-state index in [-0.39, 0.29) is 33.2 Å². The van der Waals surface area contributed by atoms with Crippen molar-refractivity contribution in [3.63, 3.8) is 0 Å². The summed E-state index contributed by atoms with van der Waals surface area (Å²) in [5, 5.41) is 24.6. The van der Waals surface area contributed by atoms with Crippen molar-refractivity contribution in [2.75, 3.05) is 5.73 Å². The Morgan fingerprint density at radius 3 is 0.982 bits per heavy atom. The summed E-state index contributed by atoms with van der Waals surface area (Å²) in [6.45, 7) is 13.7. The van der Waals surface area contributed by atoms with E-state index in [1.54, 1.807) is 10.5 Å². The summed E-state index contributed by atoms with van der Waals surface area (Å²) in [7, 11) is 0. The molecule has 0 spiro atoms. The third-order valence-corrected chi connectivity index (χ3v) is 25.4. The van der Waals surface area contributed by atoms with E-state index in [1.165, 1.54) is 262 Å². The molecule has 10 heteroatoms. The number of imidazole rings is 2. The van der Waals surface area contributed by atoms with Crippen molar-refractivity contribution in [2.45, 2.75) is 388 Å². The van der Waals surface area contributed by atoms with E-state index in [0.29, 0.717) is 55.8 Å². The average Bonchev–Trinajstić information content (AvgIpc) is 1.10. The van der Waals surface area contributed by atoms with E-state index in [1.807, 2.05) is 22.6 Å². The molecule has 112 heavy (non-hydrogen) atoms. The molecular formula is C102H140N6O4. The second-order valence-electron chi connectivity index (χ2n) is 34.4. The molecule has 7 aromatic carbocycles. The van der Waals surface area contributed by atoms with Crippen molar-refractivity contribution < 1.29 is 4.92 Å². The molecule has 0 fully saturated rings. The van der Waals surface area contributed by atoms with Gasteiger partial charge >= 0.3 is 0 Å². The minimum Gasteiger partial charge on any atom is -0.397 e. The zero-order valence-corrected chi connectivity index (χ0v) is 70.6. The van der Waals surface area contributed by atoms with Gasteiger partial charge in [0.2, 0.25) is 0 Å². The highest BCUT2D eigenvalue weighted by Gasteiger charge is 2.30. The van der Waals surface area contributed by atoms with E-state index in [0.717, 1.165) is 155 Å². The normalized spacial score (nSPS) is 12.7. The summed E-state index contributed by atoms with van der Waals surface area (Å²) >= 11 is 0. The van der Waals surface area contributed by atoms with Gasteiger partial charge in [-0.1, -0.05) is 373 Å². The van der Waals surface area contributed by atoms with Crippen molar-refractivity contribution in [3.05, 3.63) is 114 Å². The molecule has 4 heterocycles. The van der Waals surface area contributed by atoms with E-state index in [9.17, 15) is 10.1 Å². The molecule has 2 atom stereocenters. The fourth-order valence-electron chi connectivity index (χ4n) is 19.0. The van der Waals surface area contributed by atoms with Crippen LogP contribution >= 0.6 is 0 Å². The summed E-state index contributed by atoms with van der Waals surface area (Å²) in [5.74, 6) is 15.1. The van der Waals surface area contributed by atoms with Gasteiger partial charge in [-0.15, -0.1) is 0 Å². The van der Waals surface area contributed by atoms with Crippen LogP contribution in [-0.2, 0) is 12.8 Å². The number of nitro benzene ring substituents is 1. The fraction of sp³-hybridized carbons (Fsp3) is 0.608. The van der Waals surface area contributed by atoms with Gasteiger partial charge in [0.15, 0.2) is 5.52 Å². The molecule has 2 unspecified atom stereocenters. The van der Waals surface area contributed by atoms with Crippen molar-refractivity contribution in [2.24, 2.45) is 11.8 Å². The van der Waals surface area contributed by atoms with Gasteiger partial charge in [-0.2, -0.15) is 0 Å². The molecule has 2 N–H and O–H groups in total. The first kappa shape index (κ1) is 85.3. The van der Waals surface area contributed by atoms with E-state index < -0.39 is 0 Å². The number of fused-ring (bicyclic) bond motifs is 10. The van der Waals surface area contributed by atoms with Gasteiger partial charge in [0.05, 0.1) is 21.6 Å². The van der Waals surface area contributed by atoms with Crippen LogP contribution in [0.25, 0.3) is 98.0 Å². The van der Waals surface area contributed by atoms with Crippen LogP contribution < -0.4 is 16.9 Å². The van der Waals surface area contributed by atoms with Crippen LogP contribution in [0.5, 0.6) is 0 Å². The molecular weight excluding hydrogens is 1370 g/mol. The lowest BCUT2D eigenvalue weighted by Gasteiger charge is -2.22. The Kier molecular flexibility index (Phi) is 34.2. The average molecular weight is 1510 g/mol. The molecule has 4 aromatic heterocycles. The monoisotopic (exact) mass is 1510 g/mol. The Hall–Kier alpha value is -7.56. The number of pyridine rings is 2. The highest BCUT2D eigenvalue weighted by Crippen LogP contribution is 2.50. The highest BCUT2D eigenvalue weighted by molar-refractivity contribution is 6.42. The standard InChI is InChI=1S/C102H140N6O4/c1-7-13-19-25-31-35-37-41-45-51-56-75(55-49-43-39-33-27-21-15-9-3)61-63-77-69-87(103)97-88(70-77)106-99(104-97)85-73-79(59-53-47-29-23-17-11-5)91-82-66-68-84-94-86(74-80(60-54-48-30-24-18-12-6)92(96(82)94)81-65-67-83(101(106)109)93(85)95(81)91)100-105-98-89(107(100)102(84)110)71-78(72-90(98)108(111)112)64-62-76(57-50-44-40-34-28-22-16-10-4)58-52-46-42-38-36-32-26-20-14-8-2/h65-76H,7-60,103H2,1-6H3. The van der Waals surface area contributed by atoms with E-state index in [2.05, 4.69) is 102 Å². The van der Waals surface area contributed by atoms with Crippen molar-refractivity contribution in [3.8, 4) is 23.7 Å². The number of aryl methyl sites for hydroxylation is 2. The first-order valence-corrected chi connectivity index (χ1v) is 46.5. The van der Waals surface area contributed by atoms with Crippen LogP contribution in [0.4, 0.5) is 11.4 Å². The molecule has 11 rings (SSSR count). The number of nitrogens with two attached hydrogens (primary N) is 1. The quantitative estimate of drug-likeness (QED) is 0.00762. The van der Waals surface area contributed by atoms with Gasteiger partial charge in [-0.05, 0) is 137 Å². The van der Waals surface area contributed by atoms with Gasteiger partial charge in [0.25, 0.3) is 16.8 Å². The number of unbranched alkanes of at least 4 members (excludes halogenated alkanes) is 42. The maximum absolute atomic E-state index is 15.9. The molecule has 0 saturated carbocycles. The number of rotatable bonds is 55. The molecule has 602 valence electrons. The molecule has 11 aromatic rings. The zero-order valence-electron chi connectivity index (χ0n) is 70.6. The maximum atomic E-state index is 15.9. The lowest BCUT2D eigenvalue weighted by Crippen LogP contribution is -2.15. The van der Waals surface area contributed by atoms with Gasteiger partial charge in [0.1, 0.15) is 16.8 Å². The number of benzene rings is 7. The Balaban J connectivity index is 1.01. The van der Waals surface area contributed by atoms with Crippen LogP contribution in [0.3, 0.4) is 0 Å². The first-order valence-electron chi connectivity index (χ1n) is 46.5. The number of non-ortho nitro benzene ring substituents is 1. The Labute approximate surface area is 672 Å². The second-order valence-corrected chi connectivity index (χ2v) is 34.4. The smallest absolute Gasteiger partial charge is 0.298 e. The Morgan fingerprint density at radius 1 is 0.348 bits per heavy atom. The van der Waals surface area contributed by atoms with Crippen LogP contribution in [0.1, 0.15) is 398 Å². The van der Waals surface area contributed by atoms with Crippen LogP contribution in [0.15, 0.2) is 70.3 Å². The number of nitrogens with zero attached hydrogens (tertiary/aromatic N) is 5. The van der Waals surface area contributed by atoms with Gasteiger partial charge in [-0.3, -0.25) is 28.5 Å². The topological polar surface area (TPSA) is 138 Å². The largest absolute Gasteiger partial charge is 0.397 e. The number of nitrogen functional groups attached to an aromatic ring is 1. The Bertz CT molecular complexity index is 5040. The number of hydrogen-bond donors (Lipinski definition) is 1. The van der Waals surface area contributed by atoms with Crippen LogP contribution in [0.2, 0.25) is 0 Å². The molecule has 0 saturated heterocycles. The first-order chi connectivity index (χ1) is 55.0. The third-order valence-electron chi connectivity index (χ3n) is 25.4. The summed E-state index contributed by atoms with van der Waals surface area (Å²) in [6.07, 6.45) is 65.9. The van der Waals surface area contributed by atoms with Gasteiger partial charge in [0, 0.05) is 61.3 Å². The number of hydrogen-bond acceptors (Lipinski definition) is 7. The lowest BCUT2D eigenvalue weighted by molar-refractivity contribution is -0.383. The minimum absolute atomic E-state index is 0.122. The molecule has 0 amide bonds. The number of nitro groups is 1. The molecule has 0 aliphatic carbocycles. The summed E-state index contributed by atoms with van der Waals surface area (Å²) < 4.78 is 3.51. The molecule has 0 radical (unpaired) electrons. The predicted octanol–water partition coefficient (Wildman–Crippen LogP) is 30.2. The van der Waals surface area contributed by atoms with E-state index in [4.69, 9.17) is 15.7 Å². The van der Waals surface area contributed by atoms with Gasteiger partial charge in [-0.25, -0.2) is 9.97 Å². The maximum Gasteiger partial charge on any atom is 0.298 e. The van der Waals surface area contributed by atoms with Crippen molar-refractivity contribution >= 4 is 109 Å². The van der Waals surface area contributed by atoms with Crippen LogP contribution in [-0.4, -0.2) is 23.7 Å². The van der Waals surface area contributed by atoms with Crippen LogP contribution in [0, 0.1) is 45.6 Å². The van der Waals surface area contributed by atoms with Gasteiger partial charge < -0.3 is 5.73 Å². The highest BCUT2D eigenvalue weighted by atomic mass is 16.6. The summed E-state index contributed by atoms with van der Waals surface area (Å²) in [5.41, 5.74) is 13.9. The minimum atomic E-state index is -0.333. The molecule has 0 bridgehead atoms.